The third kappa shape index (κ3) is 5.32. The maximum absolute atomic E-state index is 12.7. The van der Waals surface area contributed by atoms with Gasteiger partial charge in [0.1, 0.15) is 0 Å². The van der Waals surface area contributed by atoms with Gasteiger partial charge in [-0.2, -0.15) is 0 Å². The third-order valence-electron chi connectivity index (χ3n) is 4.41. The average Bonchev–Trinajstić information content (AvgIpc) is 2.73. The van der Waals surface area contributed by atoms with Crippen LogP contribution in [0.25, 0.3) is 0 Å². The smallest absolute Gasteiger partial charge is 0.225 e. The zero-order chi connectivity index (χ0) is 18.9. The predicted octanol–water partition coefficient (Wildman–Crippen LogP) is 5.45. The molecule has 0 spiro atoms. The van der Waals surface area contributed by atoms with Gasteiger partial charge in [-0.15, -0.1) is 6.58 Å². The van der Waals surface area contributed by atoms with Crippen molar-refractivity contribution in [2.24, 2.45) is 0 Å². The van der Waals surface area contributed by atoms with Crippen molar-refractivity contribution in [3.05, 3.63) is 109 Å². The molecule has 0 saturated carbocycles. The molecule has 0 saturated heterocycles. The molecule has 0 radical (unpaired) electrons. The summed E-state index contributed by atoms with van der Waals surface area (Å²) in [6.07, 6.45) is 2.20. The van der Waals surface area contributed by atoms with Gasteiger partial charge in [-0.1, -0.05) is 66.7 Å². The molecule has 3 aromatic carbocycles. The Morgan fingerprint density at radius 3 is 1.85 bits per heavy atom. The maximum Gasteiger partial charge on any atom is 0.225 e. The topological polar surface area (TPSA) is 41.1 Å². The SMILES string of the molecule is C=CCNc1ccc(NC(=O)CC(c2ccccc2)c2ccccc2)cc1. The number of amides is 1. The average molecular weight is 356 g/mol. The van der Waals surface area contributed by atoms with Crippen LogP contribution >= 0.6 is 0 Å². The number of carbonyl (C=O) groups excluding carboxylic acids is 1. The first-order valence-electron chi connectivity index (χ1n) is 9.11. The number of hydrogen-bond acceptors (Lipinski definition) is 2. The molecule has 3 rings (SSSR count). The largest absolute Gasteiger partial charge is 0.382 e. The molecule has 2 N–H and O–H groups in total. The van der Waals surface area contributed by atoms with Crippen molar-refractivity contribution in [3.8, 4) is 0 Å². The Morgan fingerprint density at radius 1 is 0.815 bits per heavy atom. The second kappa shape index (κ2) is 9.39. The molecule has 3 aromatic rings. The van der Waals surface area contributed by atoms with E-state index in [1.54, 1.807) is 0 Å². The van der Waals surface area contributed by atoms with Crippen LogP contribution in [-0.4, -0.2) is 12.5 Å². The molecule has 0 bridgehead atoms. The number of carbonyl (C=O) groups is 1. The highest BCUT2D eigenvalue weighted by molar-refractivity contribution is 5.91. The summed E-state index contributed by atoms with van der Waals surface area (Å²) in [6, 6.07) is 28.0. The first-order valence-corrected chi connectivity index (χ1v) is 9.11. The van der Waals surface area contributed by atoms with E-state index in [4.69, 9.17) is 0 Å². The Balaban J connectivity index is 1.70. The lowest BCUT2D eigenvalue weighted by molar-refractivity contribution is -0.116. The quantitative estimate of drug-likeness (QED) is 0.527. The van der Waals surface area contributed by atoms with Crippen LogP contribution in [0.4, 0.5) is 11.4 Å². The summed E-state index contributed by atoms with van der Waals surface area (Å²) in [5.41, 5.74) is 4.08. The number of nitrogens with one attached hydrogen (secondary N) is 2. The lowest BCUT2D eigenvalue weighted by Gasteiger charge is -2.18. The van der Waals surface area contributed by atoms with Gasteiger partial charge < -0.3 is 10.6 Å². The molecular weight excluding hydrogens is 332 g/mol. The van der Waals surface area contributed by atoms with E-state index in [2.05, 4.69) is 41.5 Å². The van der Waals surface area contributed by atoms with Crippen molar-refractivity contribution in [1.82, 2.24) is 0 Å². The molecule has 0 heterocycles. The Kier molecular flexibility index (Phi) is 6.42. The van der Waals surface area contributed by atoms with Crippen LogP contribution < -0.4 is 10.6 Å². The van der Waals surface area contributed by atoms with Crippen molar-refractivity contribution in [3.63, 3.8) is 0 Å². The fourth-order valence-corrected chi connectivity index (χ4v) is 3.06. The summed E-state index contributed by atoms with van der Waals surface area (Å²) in [5.74, 6) is 0.0282. The Morgan fingerprint density at radius 2 is 1.33 bits per heavy atom. The van der Waals surface area contributed by atoms with Crippen LogP contribution in [0.1, 0.15) is 23.5 Å². The molecule has 136 valence electrons. The number of hydrogen-bond donors (Lipinski definition) is 2. The van der Waals surface area contributed by atoms with E-state index in [0.29, 0.717) is 13.0 Å². The molecule has 0 unspecified atom stereocenters. The number of rotatable bonds is 8. The Labute approximate surface area is 160 Å². The minimum Gasteiger partial charge on any atom is -0.382 e. The highest BCUT2D eigenvalue weighted by Crippen LogP contribution is 2.28. The first-order chi connectivity index (χ1) is 13.3. The van der Waals surface area contributed by atoms with Crippen molar-refractivity contribution in [2.75, 3.05) is 17.2 Å². The van der Waals surface area contributed by atoms with Crippen LogP contribution in [0.3, 0.4) is 0 Å². The van der Waals surface area contributed by atoms with Gasteiger partial charge in [-0.3, -0.25) is 4.79 Å². The van der Waals surface area contributed by atoms with Gasteiger partial charge in [-0.05, 0) is 35.4 Å². The van der Waals surface area contributed by atoms with E-state index < -0.39 is 0 Å². The highest BCUT2D eigenvalue weighted by atomic mass is 16.1. The molecule has 1 amide bonds. The fraction of sp³-hybridized carbons (Fsp3) is 0.125. The van der Waals surface area contributed by atoms with Crippen molar-refractivity contribution in [1.29, 1.82) is 0 Å². The van der Waals surface area contributed by atoms with E-state index in [9.17, 15) is 4.79 Å². The molecule has 0 fully saturated rings. The molecule has 0 aromatic heterocycles. The van der Waals surface area contributed by atoms with Crippen molar-refractivity contribution >= 4 is 17.3 Å². The highest BCUT2D eigenvalue weighted by Gasteiger charge is 2.18. The van der Waals surface area contributed by atoms with Crippen LogP contribution in [0.5, 0.6) is 0 Å². The maximum atomic E-state index is 12.7. The summed E-state index contributed by atoms with van der Waals surface area (Å²) >= 11 is 0. The summed E-state index contributed by atoms with van der Waals surface area (Å²) in [6.45, 7) is 4.40. The van der Waals surface area contributed by atoms with E-state index >= 15 is 0 Å². The van der Waals surface area contributed by atoms with Gasteiger partial charge in [-0.25, -0.2) is 0 Å². The lowest BCUT2D eigenvalue weighted by atomic mass is 9.88. The van der Waals surface area contributed by atoms with Crippen LogP contribution in [-0.2, 0) is 4.79 Å². The molecule has 0 aliphatic rings. The molecular formula is C24H24N2O. The van der Waals surface area contributed by atoms with Gasteiger partial charge >= 0.3 is 0 Å². The molecule has 27 heavy (non-hydrogen) atoms. The van der Waals surface area contributed by atoms with Gasteiger partial charge in [0, 0.05) is 30.3 Å². The van der Waals surface area contributed by atoms with Crippen LogP contribution in [0, 0.1) is 0 Å². The van der Waals surface area contributed by atoms with Gasteiger partial charge in [0.25, 0.3) is 0 Å². The van der Waals surface area contributed by atoms with E-state index in [0.717, 1.165) is 22.5 Å². The Bertz CT molecular complexity index is 818. The fourth-order valence-electron chi connectivity index (χ4n) is 3.06. The second-order valence-corrected chi connectivity index (χ2v) is 6.37. The molecule has 0 aliphatic heterocycles. The van der Waals surface area contributed by atoms with Crippen LogP contribution in [0.15, 0.2) is 97.6 Å². The summed E-state index contributed by atoms with van der Waals surface area (Å²) < 4.78 is 0. The molecule has 0 aliphatic carbocycles. The summed E-state index contributed by atoms with van der Waals surface area (Å²) in [7, 11) is 0. The number of anilines is 2. The minimum atomic E-state index is -0.000457. The predicted molar refractivity (Wildman–Crippen MR) is 113 cm³/mol. The summed E-state index contributed by atoms with van der Waals surface area (Å²) in [4.78, 5) is 12.7. The first kappa shape index (κ1) is 18.5. The molecule has 3 nitrogen and oxygen atoms in total. The zero-order valence-corrected chi connectivity index (χ0v) is 15.3. The zero-order valence-electron chi connectivity index (χ0n) is 15.3. The number of benzene rings is 3. The van der Waals surface area contributed by atoms with Crippen LogP contribution in [0.2, 0.25) is 0 Å². The molecule has 3 heteroatoms. The normalized spacial score (nSPS) is 10.4. The van der Waals surface area contributed by atoms with Gasteiger partial charge in [0.2, 0.25) is 5.91 Å². The summed E-state index contributed by atoms with van der Waals surface area (Å²) in [5, 5.41) is 6.23. The van der Waals surface area contributed by atoms with Crippen molar-refractivity contribution in [2.45, 2.75) is 12.3 Å². The Hall–Kier alpha value is -3.33. The molecule has 0 atom stereocenters. The monoisotopic (exact) mass is 356 g/mol. The second-order valence-electron chi connectivity index (χ2n) is 6.37. The van der Waals surface area contributed by atoms with E-state index in [-0.39, 0.29) is 11.8 Å². The van der Waals surface area contributed by atoms with E-state index in [1.165, 1.54) is 0 Å². The minimum absolute atomic E-state index is 0.000457. The standard InChI is InChI=1S/C24H24N2O/c1-2-17-25-21-13-15-22(16-14-21)26-24(27)18-23(19-9-5-3-6-10-19)20-11-7-4-8-12-20/h2-16,23,25H,1,17-18H2,(H,26,27). The third-order valence-corrected chi connectivity index (χ3v) is 4.41. The van der Waals surface area contributed by atoms with E-state index in [1.807, 2.05) is 66.7 Å². The lowest BCUT2D eigenvalue weighted by Crippen LogP contribution is -2.16. The van der Waals surface area contributed by atoms with Gasteiger partial charge in [0.15, 0.2) is 0 Å². The van der Waals surface area contributed by atoms with Gasteiger partial charge in [0.05, 0.1) is 0 Å². The van der Waals surface area contributed by atoms with Crippen molar-refractivity contribution < 1.29 is 4.79 Å².